The molecule has 0 spiro atoms. The molecule has 29 heavy (non-hydrogen) atoms. The lowest BCUT2D eigenvalue weighted by Crippen LogP contribution is -2.42. The van der Waals surface area contributed by atoms with Gasteiger partial charge < -0.3 is 10.6 Å². The Morgan fingerprint density at radius 2 is 1.72 bits per heavy atom. The zero-order valence-corrected chi connectivity index (χ0v) is 18.9. The second kappa shape index (κ2) is 9.92. The van der Waals surface area contributed by atoms with Crippen molar-refractivity contribution >= 4 is 15.8 Å². The molecule has 5 nitrogen and oxygen atoms in total. The van der Waals surface area contributed by atoms with Gasteiger partial charge in [-0.15, -0.1) is 0 Å². The van der Waals surface area contributed by atoms with E-state index in [1.807, 2.05) is 32.0 Å². The van der Waals surface area contributed by atoms with Crippen LogP contribution in [0.3, 0.4) is 0 Å². The van der Waals surface area contributed by atoms with E-state index in [0.717, 1.165) is 36.6 Å². The molecule has 158 valence electrons. The average Bonchev–Trinajstić information content (AvgIpc) is 2.63. The summed E-state index contributed by atoms with van der Waals surface area (Å²) in [7, 11) is -3.20. The molecule has 2 rings (SSSR count). The third-order valence-electron chi connectivity index (χ3n) is 4.66. The summed E-state index contributed by atoms with van der Waals surface area (Å²) >= 11 is 0. The van der Waals surface area contributed by atoms with Crippen molar-refractivity contribution in [2.45, 2.75) is 45.6 Å². The highest BCUT2D eigenvalue weighted by molar-refractivity contribution is 7.90. The molecule has 0 aliphatic rings. The molecule has 2 aromatic carbocycles. The SMILES string of the molecule is CCNC(=NCc1ccc(S(C)(=O)=O)c(C)c1)NCC(C)(C)Cc1ccccc1. The van der Waals surface area contributed by atoms with Gasteiger partial charge in [0.15, 0.2) is 15.8 Å². The molecule has 0 saturated heterocycles. The fourth-order valence-electron chi connectivity index (χ4n) is 3.27. The number of aliphatic imine (C=N–C) groups is 1. The summed E-state index contributed by atoms with van der Waals surface area (Å²) in [6.07, 6.45) is 2.21. The van der Waals surface area contributed by atoms with Crippen molar-refractivity contribution in [1.82, 2.24) is 10.6 Å². The van der Waals surface area contributed by atoms with E-state index in [4.69, 9.17) is 0 Å². The van der Waals surface area contributed by atoms with Gasteiger partial charge in [0.2, 0.25) is 0 Å². The van der Waals surface area contributed by atoms with Crippen molar-refractivity contribution in [3.8, 4) is 0 Å². The van der Waals surface area contributed by atoms with Crippen LogP contribution in [0.2, 0.25) is 0 Å². The monoisotopic (exact) mass is 415 g/mol. The smallest absolute Gasteiger partial charge is 0.191 e. The van der Waals surface area contributed by atoms with Gasteiger partial charge in [0.05, 0.1) is 11.4 Å². The molecule has 0 bridgehead atoms. The number of nitrogens with zero attached hydrogens (tertiary/aromatic N) is 1. The summed E-state index contributed by atoms with van der Waals surface area (Å²) in [6, 6.07) is 15.9. The highest BCUT2D eigenvalue weighted by atomic mass is 32.2. The number of sulfone groups is 1. The minimum Gasteiger partial charge on any atom is -0.357 e. The summed E-state index contributed by atoms with van der Waals surface area (Å²) < 4.78 is 23.6. The van der Waals surface area contributed by atoms with E-state index in [-0.39, 0.29) is 5.41 Å². The first kappa shape index (κ1) is 22.9. The Labute approximate surface area is 175 Å². The lowest BCUT2D eigenvalue weighted by Gasteiger charge is -2.26. The van der Waals surface area contributed by atoms with E-state index in [2.05, 4.69) is 53.7 Å². The summed E-state index contributed by atoms with van der Waals surface area (Å²) in [6.45, 7) is 10.4. The maximum absolute atomic E-state index is 11.8. The standard InChI is InChI=1S/C23H33N3O2S/c1-6-24-22(26-17-23(3,4)15-19-10-8-7-9-11-19)25-16-20-12-13-21(18(2)14-20)29(5,27)28/h7-14H,6,15-17H2,1-5H3,(H2,24,25,26). The third-order valence-corrected chi connectivity index (χ3v) is 5.92. The number of benzene rings is 2. The summed E-state index contributed by atoms with van der Waals surface area (Å²) in [5, 5.41) is 6.73. The molecule has 0 fully saturated rings. The van der Waals surface area contributed by atoms with E-state index in [0.29, 0.717) is 11.4 Å². The van der Waals surface area contributed by atoms with Gasteiger partial charge in [-0.3, -0.25) is 0 Å². The van der Waals surface area contributed by atoms with Gasteiger partial charge in [0.25, 0.3) is 0 Å². The molecular weight excluding hydrogens is 382 g/mol. The normalized spacial score (nSPS) is 12.7. The average molecular weight is 416 g/mol. The van der Waals surface area contributed by atoms with Crippen molar-refractivity contribution in [3.05, 3.63) is 65.2 Å². The second-order valence-electron chi connectivity index (χ2n) is 8.25. The lowest BCUT2D eigenvalue weighted by atomic mass is 9.86. The van der Waals surface area contributed by atoms with Crippen LogP contribution >= 0.6 is 0 Å². The largest absolute Gasteiger partial charge is 0.357 e. The van der Waals surface area contributed by atoms with Gasteiger partial charge in [-0.25, -0.2) is 13.4 Å². The quantitative estimate of drug-likeness (QED) is 0.509. The van der Waals surface area contributed by atoms with Gasteiger partial charge in [-0.05, 0) is 48.4 Å². The van der Waals surface area contributed by atoms with Crippen LogP contribution in [0.4, 0.5) is 0 Å². The number of rotatable bonds is 8. The number of aryl methyl sites for hydroxylation is 1. The van der Waals surface area contributed by atoms with Crippen LogP contribution in [0.1, 0.15) is 37.5 Å². The van der Waals surface area contributed by atoms with Gasteiger partial charge in [0, 0.05) is 19.3 Å². The maximum atomic E-state index is 11.8. The van der Waals surface area contributed by atoms with Crippen LogP contribution in [-0.4, -0.2) is 33.7 Å². The van der Waals surface area contributed by atoms with Crippen molar-refractivity contribution in [2.24, 2.45) is 10.4 Å². The van der Waals surface area contributed by atoms with Crippen molar-refractivity contribution in [3.63, 3.8) is 0 Å². The molecule has 2 N–H and O–H groups in total. The molecule has 0 saturated carbocycles. The molecule has 0 aliphatic carbocycles. The van der Waals surface area contributed by atoms with Crippen LogP contribution in [0.25, 0.3) is 0 Å². The summed E-state index contributed by atoms with van der Waals surface area (Å²) in [5.74, 6) is 0.762. The molecule has 0 radical (unpaired) electrons. The topological polar surface area (TPSA) is 70.6 Å². The zero-order chi connectivity index (χ0) is 21.5. The lowest BCUT2D eigenvalue weighted by molar-refractivity contribution is 0.359. The Kier molecular flexibility index (Phi) is 7.85. The van der Waals surface area contributed by atoms with Crippen LogP contribution in [0, 0.1) is 12.3 Å². The van der Waals surface area contributed by atoms with E-state index in [9.17, 15) is 8.42 Å². The number of hydrogen-bond acceptors (Lipinski definition) is 3. The Balaban J connectivity index is 2.03. The molecule has 0 aromatic heterocycles. The van der Waals surface area contributed by atoms with Gasteiger partial charge in [0.1, 0.15) is 0 Å². The van der Waals surface area contributed by atoms with Gasteiger partial charge in [-0.2, -0.15) is 0 Å². The molecule has 0 atom stereocenters. The molecular formula is C23H33N3O2S. The molecule has 0 amide bonds. The first-order chi connectivity index (χ1) is 13.6. The third kappa shape index (κ3) is 7.54. The predicted molar refractivity (Wildman–Crippen MR) is 121 cm³/mol. The first-order valence-electron chi connectivity index (χ1n) is 9.96. The first-order valence-corrected chi connectivity index (χ1v) is 11.9. The van der Waals surface area contributed by atoms with Gasteiger partial charge >= 0.3 is 0 Å². The predicted octanol–water partition coefficient (Wildman–Crippen LogP) is 3.72. The molecule has 0 unspecified atom stereocenters. The summed E-state index contributed by atoms with van der Waals surface area (Å²) in [4.78, 5) is 5.04. The molecule has 2 aromatic rings. The van der Waals surface area contributed by atoms with E-state index >= 15 is 0 Å². The number of guanidine groups is 1. The van der Waals surface area contributed by atoms with Crippen LogP contribution in [0.15, 0.2) is 58.4 Å². The Hall–Kier alpha value is -2.34. The van der Waals surface area contributed by atoms with Crippen molar-refractivity contribution in [1.29, 1.82) is 0 Å². The molecule has 6 heteroatoms. The number of nitrogens with one attached hydrogen (secondary N) is 2. The van der Waals surface area contributed by atoms with E-state index in [1.165, 1.54) is 11.8 Å². The van der Waals surface area contributed by atoms with Crippen LogP contribution in [-0.2, 0) is 22.8 Å². The number of hydrogen-bond donors (Lipinski definition) is 2. The molecule has 0 heterocycles. The zero-order valence-electron chi connectivity index (χ0n) is 18.1. The summed E-state index contributed by atoms with van der Waals surface area (Å²) in [5.41, 5.74) is 3.13. The Morgan fingerprint density at radius 1 is 1.03 bits per heavy atom. The minimum absolute atomic E-state index is 0.0747. The van der Waals surface area contributed by atoms with Crippen molar-refractivity contribution < 1.29 is 8.42 Å². The fraction of sp³-hybridized carbons (Fsp3) is 0.435. The highest BCUT2D eigenvalue weighted by Gasteiger charge is 2.19. The second-order valence-corrected chi connectivity index (χ2v) is 10.2. The van der Waals surface area contributed by atoms with E-state index < -0.39 is 9.84 Å². The molecule has 0 aliphatic heterocycles. The van der Waals surface area contributed by atoms with Gasteiger partial charge in [-0.1, -0.05) is 56.3 Å². The fourth-order valence-corrected chi connectivity index (χ4v) is 4.23. The Bertz CT molecular complexity index is 936. The Morgan fingerprint density at radius 3 is 2.31 bits per heavy atom. The maximum Gasteiger partial charge on any atom is 0.191 e. The highest BCUT2D eigenvalue weighted by Crippen LogP contribution is 2.21. The van der Waals surface area contributed by atoms with Crippen LogP contribution < -0.4 is 10.6 Å². The van der Waals surface area contributed by atoms with Crippen molar-refractivity contribution in [2.75, 3.05) is 19.3 Å². The minimum atomic E-state index is -3.20. The van der Waals surface area contributed by atoms with Crippen LogP contribution in [0.5, 0.6) is 0 Å². The van der Waals surface area contributed by atoms with E-state index in [1.54, 1.807) is 6.07 Å².